The van der Waals surface area contributed by atoms with Crippen LogP contribution in [0.2, 0.25) is 0 Å². The van der Waals surface area contributed by atoms with E-state index in [9.17, 15) is 9.18 Å². The highest BCUT2D eigenvalue weighted by Gasteiger charge is 2.24. The largest absolute Gasteiger partial charge is 0.339 e. The van der Waals surface area contributed by atoms with Gasteiger partial charge in [0, 0.05) is 24.7 Å². The lowest BCUT2D eigenvalue weighted by molar-refractivity contribution is 0.0704. The minimum absolute atomic E-state index is 0.0245. The number of benzene rings is 1. The summed E-state index contributed by atoms with van der Waals surface area (Å²) in [4.78, 5) is 14.3. The van der Waals surface area contributed by atoms with Crippen LogP contribution in [0.15, 0.2) is 18.2 Å². The van der Waals surface area contributed by atoms with Gasteiger partial charge in [-0.2, -0.15) is 0 Å². The van der Waals surface area contributed by atoms with E-state index < -0.39 is 0 Å². The predicted molar refractivity (Wildman–Crippen MR) is 78.4 cm³/mol. The summed E-state index contributed by atoms with van der Waals surface area (Å²) in [7, 11) is 0. The van der Waals surface area contributed by atoms with Gasteiger partial charge in [-0.1, -0.05) is 6.92 Å². The lowest BCUT2D eigenvalue weighted by Crippen LogP contribution is -2.45. The summed E-state index contributed by atoms with van der Waals surface area (Å²) in [6.45, 7) is 6.53. The maximum absolute atomic E-state index is 13.1. The molecule has 0 atom stereocenters. The molecule has 1 N–H and O–H groups in total. The summed E-state index contributed by atoms with van der Waals surface area (Å²) in [5.41, 5.74) is 1.33. The van der Waals surface area contributed by atoms with Crippen LogP contribution in [0, 0.1) is 12.7 Å². The van der Waals surface area contributed by atoms with Crippen LogP contribution in [0.25, 0.3) is 0 Å². The smallest absolute Gasteiger partial charge is 0.254 e. The zero-order valence-corrected chi connectivity index (χ0v) is 12.3. The number of nitrogens with one attached hydrogen (secondary N) is 1. The number of nitrogens with zero attached hydrogens (tertiary/aromatic N) is 1. The van der Waals surface area contributed by atoms with E-state index in [-0.39, 0.29) is 11.7 Å². The molecule has 1 aliphatic rings. The van der Waals surface area contributed by atoms with Gasteiger partial charge in [0.1, 0.15) is 5.82 Å². The van der Waals surface area contributed by atoms with Crippen LogP contribution in [0.4, 0.5) is 4.39 Å². The third-order valence-corrected chi connectivity index (χ3v) is 3.88. The van der Waals surface area contributed by atoms with E-state index in [1.165, 1.54) is 12.1 Å². The first-order chi connectivity index (χ1) is 9.61. The number of hydrogen-bond acceptors (Lipinski definition) is 2. The Morgan fingerprint density at radius 2 is 2.10 bits per heavy atom. The second-order valence-electron chi connectivity index (χ2n) is 5.48. The Labute approximate surface area is 120 Å². The SMILES string of the molecule is CCCNC1CCN(C(=O)c2ccc(F)cc2C)CC1. The Hall–Kier alpha value is -1.42. The molecule has 1 aromatic carbocycles. The molecule has 4 heteroatoms. The van der Waals surface area contributed by atoms with Gasteiger partial charge in [0.2, 0.25) is 0 Å². The quantitative estimate of drug-likeness (QED) is 0.918. The standard InChI is InChI=1S/C16H23FN2O/c1-3-8-18-14-6-9-19(10-7-14)16(20)15-5-4-13(17)11-12(15)2/h4-5,11,14,18H,3,6-10H2,1-2H3. The number of rotatable bonds is 4. The van der Waals surface area contributed by atoms with E-state index in [1.807, 2.05) is 4.90 Å². The molecule has 0 aromatic heterocycles. The number of aryl methyl sites for hydroxylation is 1. The average Bonchev–Trinajstić information content (AvgIpc) is 2.45. The molecule has 0 bridgehead atoms. The first-order valence-corrected chi connectivity index (χ1v) is 7.40. The fourth-order valence-electron chi connectivity index (χ4n) is 2.67. The van der Waals surface area contributed by atoms with Crippen molar-refractivity contribution in [3.63, 3.8) is 0 Å². The molecular formula is C16H23FN2O. The second kappa shape index (κ2) is 6.84. The van der Waals surface area contributed by atoms with E-state index in [4.69, 9.17) is 0 Å². The van der Waals surface area contributed by atoms with Gasteiger partial charge < -0.3 is 10.2 Å². The monoisotopic (exact) mass is 278 g/mol. The lowest BCUT2D eigenvalue weighted by atomic mass is 10.0. The van der Waals surface area contributed by atoms with Crippen LogP contribution in [-0.4, -0.2) is 36.5 Å². The Kier molecular flexibility index (Phi) is 5.12. The molecule has 110 valence electrons. The number of halogens is 1. The Balaban J connectivity index is 1.94. The first kappa shape index (κ1) is 15.0. The van der Waals surface area contributed by atoms with Crippen molar-refractivity contribution in [3.8, 4) is 0 Å². The molecule has 0 radical (unpaired) electrons. The van der Waals surface area contributed by atoms with Crippen molar-refractivity contribution in [2.75, 3.05) is 19.6 Å². The molecule has 0 spiro atoms. The molecule has 1 fully saturated rings. The summed E-state index contributed by atoms with van der Waals surface area (Å²) in [6.07, 6.45) is 3.12. The van der Waals surface area contributed by atoms with Crippen molar-refractivity contribution in [2.45, 2.75) is 39.2 Å². The molecule has 20 heavy (non-hydrogen) atoms. The summed E-state index contributed by atoms with van der Waals surface area (Å²) in [5.74, 6) is -0.266. The summed E-state index contributed by atoms with van der Waals surface area (Å²) in [5, 5.41) is 3.50. The third-order valence-electron chi connectivity index (χ3n) is 3.88. The summed E-state index contributed by atoms with van der Waals surface area (Å²) in [6, 6.07) is 4.89. The van der Waals surface area contributed by atoms with Crippen molar-refractivity contribution in [1.29, 1.82) is 0 Å². The summed E-state index contributed by atoms with van der Waals surface area (Å²) >= 11 is 0. The van der Waals surface area contributed by atoms with Crippen molar-refractivity contribution in [2.24, 2.45) is 0 Å². The number of carbonyl (C=O) groups excluding carboxylic acids is 1. The highest BCUT2D eigenvalue weighted by molar-refractivity contribution is 5.95. The van der Waals surface area contributed by atoms with Crippen LogP contribution in [0.3, 0.4) is 0 Å². The van der Waals surface area contributed by atoms with Gasteiger partial charge in [0.25, 0.3) is 5.91 Å². The minimum atomic E-state index is -0.290. The van der Waals surface area contributed by atoms with E-state index >= 15 is 0 Å². The average molecular weight is 278 g/mol. The van der Waals surface area contributed by atoms with E-state index in [0.29, 0.717) is 17.2 Å². The van der Waals surface area contributed by atoms with Gasteiger partial charge in [-0.25, -0.2) is 4.39 Å². The molecule has 1 amide bonds. The fraction of sp³-hybridized carbons (Fsp3) is 0.562. The zero-order chi connectivity index (χ0) is 14.5. The molecule has 0 aliphatic carbocycles. The van der Waals surface area contributed by atoms with Crippen LogP contribution >= 0.6 is 0 Å². The molecule has 2 rings (SSSR count). The predicted octanol–water partition coefficient (Wildman–Crippen LogP) is 2.74. The molecule has 1 heterocycles. The third kappa shape index (κ3) is 3.57. The first-order valence-electron chi connectivity index (χ1n) is 7.40. The minimum Gasteiger partial charge on any atom is -0.339 e. The van der Waals surface area contributed by atoms with Crippen molar-refractivity contribution in [1.82, 2.24) is 10.2 Å². The Morgan fingerprint density at radius 1 is 1.40 bits per heavy atom. The van der Waals surface area contributed by atoms with Gasteiger partial charge >= 0.3 is 0 Å². The van der Waals surface area contributed by atoms with Crippen LogP contribution in [0.1, 0.15) is 42.1 Å². The molecular weight excluding hydrogens is 255 g/mol. The van der Waals surface area contributed by atoms with Crippen LogP contribution < -0.4 is 5.32 Å². The maximum atomic E-state index is 13.1. The lowest BCUT2D eigenvalue weighted by Gasteiger charge is -2.32. The van der Waals surface area contributed by atoms with Gasteiger partial charge in [0.15, 0.2) is 0 Å². The molecule has 3 nitrogen and oxygen atoms in total. The van der Waals surface area contributed by atoms with E-state index in [0.717, 1.165) is 38.9 Å². The normalized spacial score (nSPS) is 16.4. The maximum Gasteiger partial charge on any atom is 0.254 e. The zero-order valence-electron chi connectivity index (χ0n) is 12.3. The highest BCUT2D eigenvalue weighted by atomic mass is 19.1. The molecule has 1 aliphatic heterocycles. The summed E-state index contributed by atoms with van der Waals surface area (Å²) < 4.78 is 13.1. The number of likely N-dealkylation sites (tertiary alicyclic amines) is 1. The van der Waals surface area contributed by atoms with Crippen molar-refractivity contribution < 1.29 is 9.18 Å². The Morgan fingerprint density at radius 3 is 2.70 bits per heavy atom. The van der Waals surface area contributed by atoms with Gasteiger partial charge in [0.05, 0.1) is 0 Å². The molecule has 0 saturated carbocycles. The van der Waals surface area contributed by atoms with Crippen molar-refractivity contribution >= 4 is 5.91 Å². The highest BCUT2D eigenvalue weighted by Crippen LogP contribution is 2.17. The van der Waals surface area contributed by atoms with Crippen molar-refractivity contribution in [3.05, 3.63) is 35.1 Å². The second-order valence-corrected chi connectivity index (χ2v) is 5.48. The topological polar surface area (TPSA) is 32.3 Å². The molecule has 1 aromatic rings. The fourth-order valence-corrected chi connectivity index (χ4v) is 2.67. The number of piperidine rings is 1. The van der Waals surface area contributed by atoms with E-state index in [1.54, 1.807) is 13.0 Å². The van der Waals surface area contributed by atoms with Gasteiger partial charge in [-0.05, 0) is 56.5 Å². The number of carbonyl (C=O) groups is 1. The van der Waals surface area contributed by atoms with Crippen LogP contribution in [0.5, 0.6) is 0 Å². The van der Waals surface area contributed by atoms with Gasteiger partial charge in [-0.3, -0.25) is 4.79 Å². The molecule has 1 saturated heterocycles. The number of amides is 1. The van der Waals surface area contributed by atoms with E-state index in [2.05, 4.69) is 12.2 Å². The number of hydrogen-bond donors (Lipinski definition) is 1. The molecule has 0 unspecified atom stereocenters. The van der Waals surface area contributed by atoms with Crippen LogP contribution in [-0.2, 0) is 0 Å². The Bertz CT molecular complexity index is 468. The van der Waals surface area contributed by atoms with Gasteiger partial charge in [-0.15, -0.1) is 0 Å².